The highest BCUT2D eigenvalue weighted by Crippen LogP contribution is 2.37. The van der Waals surface area contributed by atoms with Gasteiger partial charge in [0, 0.05) is 32.2 Å². The molecular weight excluding hydrogens is 262 g/mol. The third kappa shape index (κ3) is 2.39. The third-order valence-electron chi connectivity index (χ3n) is 3.90. The highest BCUT2D eigenvalue weighted by Gasteiger charge is 2.23. The van der Waals surface area contributed by atoms with Crippen LogP contribution in [0.25, 0.3) is 0 Å². The quantitative estimate of drug-likeness (QED) is 0.938. The molecule has 5 nitrogen and oxygen atoms in total. The van der Waals surface area contributed by atoms with Gasteiger partial charge in [0.1, 0.15) is 18.0 Å². The van der Waals surface area contributed by atoms with E-state index >= 15 is 0 Å². The van der Waals surface area contributed by atoms with Crippen LogP contribution in [-0.2, 0) is 0 Å². The van der Waals surface area contributed by atoms with Crippen LogP contribution in [0.5, 0.6) is 0 Å². The Morgan fingerprint density at radius 2 is 1.90 bits per heavy atom. The zero-order valence-electron chi connectivity index (χ0n) is 12.8. The van der Waals surface area contributed by atoms with Gasteiger partial charge >= 0.3 is 0 Å². The van der Waals surface area contributed by atoms with Crippen LogP contribution in [0.2, 0.25) is 0 Å². The number of para-hydroxylation sites is 2. The number of anilines is 4. The molecule has 0 aliphatic carbocycles. The second-order valence-corrected chi connectivity index (χ2v) is 5.26. The molecule has 1 N–H and O–H groups in total. The van der Waals surface area contributed by atoms with E-state index in [2.05, 4.69) is 70.2 Å². The van der Waals surface area contributed by atoms with Crippen LogP contribution in [0.15, 0.2) is 30.6 Å². The standard InChI is InChI=1S/C16H21N5/c1-4-17-15-12(2)16(19-11-18-15)21-10-9-20(3)13-7-5-6-8-14(13)21/h5-8,11H,4,9-10H2,1-3H3,(H,17,18,19). The molecule has 110 valence electrons. The van der Waals surface area contributed by atoms with Crippen LogP contribution in [0, 0.1) is 6.92 Å². The van der Waals surface area contributed by atoms with Crippen LogP contribution in [0.1, 0.15) is 12.5 Å². The van der Waals surface area contributed by atoms with E-state index in [4.69, 9.17) is 0 Å². The van der Waals surface area contributed by atoms with Gasteiger partial charge in [0.25, 0.3) is 0 Å². The van der Waals surface area contributed by atoms with Gasteiger partial charge in [-0.15, -0.1) is 0 Å². The Bertz CT molecular complexity index is 640. The van der Waals surface area contributed by atoms with Gasteiger partial charge in [-0.3, -0.25) is 0 Å². The van der Waals surface area contributed by atoms with Crippen LogP contribution >= 0.6 is 0 Å². The first-order chi connectivity index (χ1) is 10.2. The number of nitrogens with zero attached hydrogens (tertiary/aromatic N) is 4. The number of nitrogens with one attached hydrogen (secondary N) is 1. The highest BCUT2D eigenvalue weighted by molar-refractivity contribution is 5.79. The summed E-state index contributed by atoms with van der Waals surface area (Å²) in [6.45, 7) is 6.92. The van der Waals surface area contributed by atoms with Gasteiger partial charge < -0.3 is 15.1 Å². The van der Waals surface area contributed by atoms with Gasteiger partial charge in [-0.2, -0.15) is 0 Å². The van der Waals surface area contributed by atoms with Crippen LogP contribution in [0.4, 0.5) is 23.0 Å². The molecule has 1 aliphatic rings. The van der Waals surface area contributed by atoms with Gasteiger partial charge in [-0.1, -0.05) is 12.1 Å². The minimum absolute atomic E-state index is 0.858. The number of aromatic nitrogens is 2. The summed E-state index contributed by atoms with van der Waals surface area (Å²) < 4.78 is 0. The van der Waals surface area contributed by atoms with E-state index in [-0.39, 0.29) is 0 Å². The molecule has 2 heterocycles. The minimum Gasteiger partial charge on any atom is -0.371 e. The molecule has 0 saturated heterocycles. The third-order valence-corrected chi connectivity index (χ3v) is 3.90. The van der Waals surface area contributed by atoms with E-state index in [9.17, 15) is 0 Å². The summed E-state index contributed by atoms with van der Waals surface area (Å²) in [4.78, 5) is 13.4. The number of benzene rings is 1. The molecule has 0 saturated carbocycles. The van der Waals surface area contributed by atoms with Crippen molar-refractivity contribution in [2.24, 2.45) is 0 Å². The topological polar surface area (TPSA) is 44.3 Å². The molecule has 0 bridgehead atoms. The lowest BCUT2D eigenvalue weighted by atomic mass is 10.1. The lowest BCUT2D eigenvalue weighted by molar-refractivity contribution is 0.808. The molecule has 5 heteroatoms. The Morgan fingerprint density at radius 1 is 1.14 bits per heavy atom. The summed E-state index contributed by atoms with van der Waals surface area (Å²) in [5.41, 5.74) is 3.54. The first-order valence-electron chi connectivity index (χ1n) is 7.35. The normalized spacial score (nSPS) is 14.0. The maximum atomic E-state index is 4.53. The Hall–Kier alpha value is -2.30. The Balaban J connectivity index is 2.06. The average molecular weight is 283 g/mol. The maximum Gasteiger partial charge on any atom is 0.141 e. The fourth-order valence-electron chi connectivity index (χ4n) is 2.78. The molecule has 1 aromatic heterocycles. The first kappa shape index (κ1) is 13.7. The van der Waals surface area contributed by atoms with Crippen molar-refractivity contribution in [3.8, 4) is 0 Å². The maximum absolute atomic E-state index is 4.53. The highest BCUT2D eigenvalue weighted by atomic mass is 15.3. The van der Waals surface area contributed by atoms with Gasteiger partial charge in [0.05, 0.1) is 11.4 Å². The van der Waals surface area contributed by atoms with Crippen molar-refractivity contribution < 1.29 is 0 Å². The fourth-order valence-corrected chi connectivity index (χ4v) is 2.78. The monoisotopic (exact) mass is 283 g/mol. The van der Waals surface area contributed by atoms with Crippen molar-refractivity contribution in [2.75, 3.05) is 41.8 Å². The molecule has 21 heavy (non-hydrogen) atoms. The lowest BCUT2D eigenvalue weighted by Gasteiger charge is -2.37. The number of hydrogen-bond donors (Lipinski definition) is 1. The summed E-state index contributed by atoms with van der Waals surface area (Å²) in [6.07, 6.45) is 1.64. The molecule has 2 aromatic rings. The van der Waals surface area contributed by atoms with Crippen molar-refractivity contribution in [3.63, 3.8) is 0 Å². The van der Waals surface area contributed by atoms with Gasteiger partial charge in [0.15, 0.2) is 0 Å². The zero-order valence-corrected chi connectivity index (χ0v) is 12.8. The van der Waals surface area contributed by atoms with E-state index in [0.29, 0.717) is 0 Å². The molecule has 0 atom stereocenters. The molecule has 0 spiro atoms. The Labute approximate surface area is 125 Å². The molecule has 1 aliphatic heterocycles. The molecule has 3 rings (SSSR count). The number of fused-ring (bicyclic) bond motifs is 1. The number of hydrogen-bond acceptors (Lipinski definition) is 5. The van der Waals surface area contributed by atoms with Crippen LogP contribution in [0.3, 0.4) is 0 Å². The zero-order chi connectivity index (χ0) is 14.8. The summed E-state index contributed by atoms with van der Waals surface area (Å²) in [5, 5.41) is 3.30. The van der Waals surface area contributed by atoms with E-state index < -0.39 is 0 Å². The number of rotatable bonds is 3. The van der Waals surface area contributed by atoms with Crippen LogP contribution < -0.4 is 15.1 Å². The molecule has 0 unspecified atom stereocenters. The molecular formula is C16H21N5. The second kappa shape index (κ2) is 5.60. The fraction of sp³-hybridized carbons (Fsp3) is 0.375. The van der Waals surface area contributed by atoms with Gasteiger partial charge in [-0.05, 0) is 26.0 Å². The second-order valence-electron chi connectivity index (χ2n) is 5.26. The Kier molecular flexibility index (Phi) is 3.64. The average Bonchev–Trinajstić information content (AvgIpc) is 2.51. The summed E-state index contributed by atoms with van der Waals surface area (Å²) in [5.74, 6) is 1.90. The van der Waals surface area contributed by atoms with E-state index in [0.717, 1.165) is 36.8 Å². The first-order valence-corrected chi connectivity index (χ1v) is 7.35. The van der Waals surface area contributed by atoms with E-state index in [1.807, 2.05) is 0 Å². The Morgan fingerprint density at radius 3 is 2.67 bits per heavy atom. The lowest BCUT2D eigenvalue weighted by Crippen LogP contribution is -2.37. The minimum atomic E-state index is 0.858. The van der Waals surface area contributed by atoms with Crippen molar-refractivity contribution in [1.82, 2.24) is 9.97 Å². The molecule has 0 fully saturated rings. The van der Waals surface area contributed by atoms with Crippen LogP contribution in [-0.4, -0.2) is 36.6 Å². The van der Waals surface area contributed by atoms with E-state index in [1.165, 1.54) is 11.4 Å². The largest absolute Gasteiger partial charge is 0.371 e. The molecule has 0 radical (unpaired) electrons. The summed E-state index contributed by atoms with van der Waals surface area (Å²) in [7, 11) is 2.13. The van der Waals surface area contributed by atoms with Crippen molar-refractivity contribution in [2.45, 2.75) is 13.8 Å². The summed E-state index contributed by atoms with van der Waals surface area (Å²) in [6, 6.07) is 8.46. The van der Waals surface area contributed by atoms with E-state index in [1.54, 1.807) is 6.33 Å². The predicted molar refractivity (Wildman–Crippen MR) is 87.7 cm³/mol. The van der Waals surface area contributed by atoms with Gasteiger partial charge in [-0.25, -0.2) is 9.97 Å². The number of likely N-dealkylation sites (N-methyl/N-ethyl adjacent to an activating group) is 1. The molecule has 1 aromatic carbocycles. The smallest absolute Gasteiger partial charge is 0.141 e. The van der Waals surface area contributed by atoms with Crippen molar-refractivity contribution >= 4 is 23.0 Å². The SMILES string of the molecule is CCNc1ncnc(N2CCN(C)c3ccccc32)c1C. The molecule has 0 amide bonds. The summed E-state index contributed by atoms with van der Waals surface area (Å²) >= 11 is 0. The predicted octanol–water partition coefficient (Wildman–Crippen LogP) is 2.80. The van der Waals surface area contributed by atoms with Gasteiger partial charge in [0.2, 0.25) is 0 Å². The van der Waals surface area contributed by atoms with Crippen molar-refractivity contribution in [3.05, 3.63) is 36.2 Å². The van der Waals surface area contributed by atoms with Crippen molar-refractivity contribution in [1.29, 1.82) is 0 Å².